The van der Waals surface area contributed by atoms with Gasteiger partial charge in [0.1, 0.15) is 0 Å². The second-order valence-corrected chi connectivity index (χ2v) is 8.87. The van der Waals surface area contributed by atoms with Gasteiger partial charge in [-0.25, -0.2) is 0 Å². The Morgan fingerprint density at radius 3 is 2.05 bits per heavy atom. The van der Waals surface area contributed by atoms with E-state index in [-0.39, 0.29) is 5.54 Å². The molecule has 120 valence electrons. The van der Waals surface area contributed by atoms with Crippen molar-refractivity contribution in [1.82, 2.24) is 5.32 Å². The van der Waals surface area contributed by atoms with Crippen LogP contribution in [0.2, 0.25) is 0 Å². The van der Waals surface area contributed by atoms with E-state index in [1.807, 2.05) is 0 Å². The Balaban J connectivity index is 2.74. The molecule has 0 bridgehead atoms. The molecule has 0 heterocycles. The van der Waals surface area contributed by atoms with Gasteiger partial charge in [0.05, 0.1) is 0 Å². The van der Waals surface area contributed by atoms with Crippen LogP contribution in [0.4, 0.5) is 0 Å². The van der Waals surface area contributed by atoms with Crippen LogP contribution in [-0.4, -0.2) is 18.6 Å². The highest BCUT2D eigenvalue weighted by atomic mass is 15.0. The van der Waals surface area contributed by atoms with E-state index >= 15 is 0 Å². The molecule has 2 nitrogen and oxygen atoms in total. The number of nitrogens with one attached hydrogen (secondary N) is 1. The van der Waals surface area contributed by atoms with Crippen LogP contribution in [0.5, 0.6) is 0 Å². The number of nitrogens with two attached hydrogens (primary N) is 1. The Morgan fingerprint density at radius 2 is 1.65 bits per heavy atom. The summed E-state index contributed by atoms with van der Waals surface area (Å²) in [5.41, 5.74) is 6.77. The number of rotatable bonds is 6. The maximum Gasteiger partial charge on any atom is 0.0311 e. The molecule has 1 aliphatic carbocycles. The van der Waals surface area contributed by atoms with Crippen LogP contribution in [0.1, 0.15) is 67.7 Å². The minimum atomic E-state index is 0.156. The van der Waals surface area contributed by atoms with Gasteiger partial charge in [-0.15, -0.1) is 0 Å². The van der Waals surface area contributed by atoms with E-state index in [4.69, 9.17) is 5.73 Å². The summed E-state index contributed by atoms with van der Waals surface area (Å²) in [5, 5.41) is 3.91. The van der Waals surface area contributed by atoms with Crippen molar-refractivity contribution in [2.45, 2.75) is 73.3 Å². The highest BCUT2D eigenvalue weighted by Crippen LogP contribution is 2.43. The third-order valence-corrected chi connectivity index (χ3v) is 5.27. The lowest BCUT2D eigenvalue weighted by Crippen LogP contribution is -2.58. The molecule has 1 fully saturated rings. The second kappa shape index (κ2) is 6.79. The summed E-state index contributed by atoms with van der Waals surface area (Å²) in [4.78, 5) is 0. The molecule has 0 radical (unpaired) electrons. The van der Waals surface area contributed by atoms with Gasteiger partial charge >= 0.3 is 0 Å². The average Bonchev–Trinajstić information content (AvgIpc) is 2.25. The SMILES string of the molecule is CC1CC(C)(C)CC(CN)(NCC(C(C)C)C(C)C)C1. The van der Waals surface area contributed by atoms with Crippen molar-refractivity contribution in [3.8, 4) is 0 Å². The first-order valence-electron chi connectivity index (χ1n) is 8.56. The summed E-state index contributed by atoms with van der Waals surface area (Å²) in [6.07, 6.45) is 3.77. The lowest BCUT2D eigenvalue weighted by atomic mass is 9.64. The van der Waals surface area contributed by atoms with Gasteiger partial charge in [-0.2, -0.15) is 0 Å². The molecular weight excluding hydrogens is 244 g/mol. The summed E-state index contributed by atoms with van der Waals surface area (Å²) < 4.78 is 0. The largest absolute Gasteiger partial charge is 0.329 e. The topological polar surface area (TPSA) is 38.0 Å². The molecule has 0 aliphatic heterocycles. The molecule has 1 rings (SSSR count). The van der Waals surface area contributed by atoms with E-state index in [0.717, 1.165) is 36.8 Å². The van der Waals surface area contributed by atoms with Crippen molar-refractivity contribution in [1.29, 1.82) is 0 Å². The van der Waals surface area contributed by atoms with Crippen molar-refractivity contribution in [3.63, 3.8) is 0 Å². The molecule has 0 aromatic carbocycles. The van der Waals surface area contributed by atoms with Crippen LogP contribution in [-0.2, 0) is 0 Å². The Morgan fingerprint density at radius 1 is 1.10 bits per heavy atom. The zero-order chi connectivity index (χ0) is 15.6. The van der Waals surface area contributed by atoms with Gasteiger partial charge in [0.2, 0.25) is 0 Å². The van der Waals surface area contributed by atoms with Gasteiger partial charge in [0.15, 0.2) is 0 Å². The van der Waals surface area contributed by atoms with E-state index in [9.17, 15) is 0 Å². The molecule has 2 atom stereocenters. The fourth-order valence-electron chi connectivity index (χ4n) is 4.68. The smallest absolute Gasteiger partial charge is 0.0311 e. The highest BCUT2D eigenvalue weighted by molar-refractivity contribution is 5.00. The molecule has 3 N–H and O–H groups in total. The quantitative estimate of drug-likeness (QED) is 0.771. The summed E-state index contributed by atoms with van der Waals surface area (Å²) >= 11 is 0. The molecule has 2 heteroatoms. The lowest BCUT2D eigenvalue weighted by molar-refractivity contribution is 0.0779. The third-order valence-electron chi connectivity index (χ3n) is 5.27. The number of hydrogen-bond acceptors (Lipinski definition) is 2. The molecular formula is C18H38N2. The standard InChI is InChI=1S/C18H38N2/c1-13(2)16(14(3)4)10-20-18(12-19)9-15(5)8-17(6,7)11-18/h13-16,20H,8-12,19H2,1-7H3. The Labute approximate surface area is 127 Å². The van der Waals surface area contributed by atoms with Crippen molar-refractivity contribution < 1.29 is 0 Å². The molecule has 0 saturated heterocycles. The zero-order valence-corrected chi connectivity index (χ0v) is 14.9. The molecule has 0 aromatic heterocycles. The van der Waals surface area contributed by atoms with Crippen molar-refractivity contribution in [2.75, 3.05) is 13.1 Å². The molecule has 1 saturated carbocycles. The predicted molar refractivity (Wildman–Crippen MR) is 89.8 cm³/mol. The Hall–Kier alpha value is -0.0800. The molecule has 1 aliphatic rings. The minimum Gasteiger partial charge on any atom is -0.329 e. The highest BCUT2D eigenvalue weighted by Gasteiger charge is 2.42. The van der Waals surface area contributed by atoms with Crippen molar-refractivity contribution in [3.05, 3.63) is 0 Å². The maximum absolute atomic E-state index is 6.20. The van der Waals surface area contributed by atoms with Crippen LogP contribution in [0, 0.1) is 29.1 Å². The first-order valence-corrected chi connectivity index (χ1v) is 8.56. The Bertz CT molecular complexity index is 288. The van der Waals surface area contributed by atoms with Crippen LogP contribution < -0.4 is 11.1 Å². The van der Waals surface area contributed by atoms with E-state index in [1.54, 1.807) is 0 Å². The molecule has 20 heavy (non-hydrogen) atoms. The number of hydrogen-bond donors (Lipinski definition) is 2. The fraction of sp³-hybridized carbons (Fsp3) is 1.00. The first-order chi connectivity index (χ1) is 9.11. The van der Waals surface area contributed by atoms with Crippen LogP contribution in [0.15, 0.2) is 0 Å². The zero-order valence-electron chi connectivity index (χ0n) is 14.9. The monoisotopic (exact) mass is 282 g/mol. The molecule has 0 aromatic rings. The van der Waals surface area contributed by atoms with E-state index in [1.165, 1.54) is 19.3 Å². The normalized spacial score (nSPS) is 30.4. The summed E-state index contributed by atoms with van der Waals surface area (Å²) in [7, 11) is 0. The summed E-state index contributed by atoms with van der Waals surface area (Å²) in [5.74, 6) is 2.96. The summed E-state index contributed by atoms with van der Waals surface area (Å²) in [6.45, 7) is 18.4. The minimum absolute atomic E-state index is 0.156. The average molecular weight is 283 g/mol. The van der Waals surface area contributed by atoms with E-state index < -0.39 is 0 Å². The molecule has 0 spiro atoms. The summed E-state index contributed by atoms with van der Waals surface area (Å²) in [6, 6.07) is 0. The van der Waals surface area contributed by atoms with Gasteiger partial charge in [0.25, 0.3) is 0 Å². The van der Waals surface area contributed by atoms with E-state index in [0.29, 0.717) is 5.41 Å². The third kappa shape index (κ3) is 4.73. The second-order valence-electron chi connectivity index (χ2n) is 8.87. The molecule has 0 amide bonds. The van der Waals surface area contributed by atoms with Crippen molar-refractivity contribution in [2.24, 2.45) is 34.8 Å². The maximum atomic E-state index is 6.20. The lowest BCUT2D eigenvalue weighted by Gasteiger charge is -2.48. The predicted octanol–water partition coefficient (Wildman–Crippen LogP) is 4.05. The van der Waals surface area contributed by atoms with Gasteiger partial charge in [0, 0.05) is 12.1 Å². The Kier molecular flexibility index (Phi) is 6.10. The van der Waals surface area contributed by atoms with Crippen LogP contribution >= 0.6 is 0 Å². The van der Waals surface area contributed by atoms with Gasteiger partial charge in [-0.05, 0) is 54.9 Å². The van der Waals surface area contributed by atoms with Crippen LogP contribution in [0.3, 0.4) is 0 Å². The first kappa shape index (κ1) is 18.0. The van der Waals surface area contributed by atoms with Crippen molar-refractivity contribution >= 4 is 0 Å². The van der Waals surface area contributed by atoms with Gasteiger partial charge in [-0.1, -0.05) is 48.5 Å². The molecule has 2 unspecified atom stereocenters. The fourth-order valence-corrected chi connectivity index (χ4v) is 4.68. The van der Waals surface area contributed by atoms with E-state index in [2.05, 4.69) is 53.8 Å². The van der Waals surface area contributed by atoms with Crippen LogP contribution in [0.25, 0.3) is 0 Å². The van der Waals surface area contributed by atoms with Gasteiger partial charge < -0.3 is 11.1 Å². The van der Waals surface area contributed by atoms with Gasteiger partial charge in [-0.3, -0.25) is 0 Å².